The van der Waals surface area contributed by atoms with Gasteiger partial charge in [0.2, 0.25) is 0 Å². The Kier molecular flexibility index (Phi) is 7.00. The minimum atomic E-state index is 0.732. The maximum absolute atomic E-state index is 5.54. The third-order valence-electron chi connectivity index (χ3n) is 4.00. The van der Waals surface area contributed by atoms with Gasteiger partial charge in [0.15, 0.2) is 0 Å². The molecular weight excluding hydrogens is 264 g/mol. The molecule has 0 aliphatic carbocycles. The Morgan fingerprint density at radius 2 is 1.95 bits per heavy atom. The fourth-order valence-electron chi connectivity index (χ4n) is 2.81. The third kappa shape index (κ3) is 5.30. The molecule has 0 atom stereocenters. The lowest BCUT2D eigenvalue weighted by Gasteiger charge is -2.26. The van der Waals surface area contributed by atoms with Crippen molar-refractivity contribution in [2.75, 3.05) is 40.5 Å². The molecule has 118 valence electrons. The molecule has 1 aliphatic rings. The number of piperidine rings is 1. The number of rotatable bonds is 8. The van der Waals surface area contributed by atoms with Crippen LogP contribution < -0.4 is 10.1 Å². The van der Waals surface area contributed by atoms with Crippen molar-refractivity contribution in [1.82, 2.24) is 10.2 Å². The average molecular weight is 292 g/mol. The molecule has 1 N–H and O–H groups in total. The fourth-order valence-corrected chi connectivity index (χ4v) is 2.81. The number of nitrogens with one attached hydrogen (secondary N) is 1. The molecule has 0 unspecified atom stereocenters. The van der Waals surface area contributed by atoms with Crippen LogP contribution in [0.4, 0.5) is 0 Å². The van der Waals surface area contributed by atoms with Gasteiger partial charge in [-0.2, -0.15) is 0 Å². The second-order valence-electron chi connectivity index (χ2n) is 5.65. The van der Waals surface area contributed by atoms with Gasteiger partial charge in [0.05, 0.1) is 13.7 Å². The zero-order valence-electron chi connectivity index (χ0n) is 13.4. The van der Waals surface area contributed by atoms with Crippen LogP contribution in [0.15, 0.2) is 18.2 Å². The van der Waals surface area contributed by atoms with E-state index in [0.29, 0.717) is 0 Å². The summed E-state index contributed by atoms with van der Waals surface area (Å²) in [6.07, 6.45) is 4.04. The van der Waals surface area contributed by atoms with E-state index in [-0.39, 0.29) is 0 Å². The molecule has 4 heteroatoms. The molecule has 1 aromatic rings. The topological polar surface area (TPSA) is 33.7 Å². The lowest BCUT2D eigenvalue weighted by Crippen LogP contribution is -2.29. The summed E-state index contributed by atoms with van der Waals surface area (Å²) in [5, 5.41) is 3.36. The monoisotopic (exact) mass is 292 g/mol. The Bertz CT molecular complexity index is 417. The van der Waals surface area contributed by atoms with E-state index in [4.69, 9.17) is 9.47 Å². The number of hydrogen-bond donors (Lipinski definition) is 1. The highest BCUT2D eigenvalue weighted by molar-refractivity contribution is 5.37. The summed E-state index contributed by atoms with van der Waals surface area (Å²) in [5.74, 6) is 0.981. The van der Waals surface area contributed by atoms with Gasteiger partial charge in [-0.05, 0) is 37.6 Å². The number of nitrogens with zero attached hydrogens (tertiary/aromatic N) is 1. The largest absolute Gasteiger partial charge is 0.496 e. The fraction of sp³-hybridized carbons (Fsp3) is 0.647. The third-order valence-corrected chi connectivity index (χ3v) is 4.00. The van der Waals surface area contributed by atoms with Gasteiger partial charge in [0, 0.05) is 32.3 Å². The molecule has 21 heavy (non-hydrogen) atoms. The van der Waals surface area contributed by atoms with Crippen molar-refractivity contribution in [3.05, 3.63) is 29.3 Å². The Balaban J connectivity index is 1.91. The second kappa shape index (κ2) is 9.03. The van der Waals surface area contributed by atoms with Gasteiger partial charge < -0.3 is 14.8 Å². The highest BCUT2D eigenvalue weighted by Crippen LogP contribution is 2.22. The number of benzene rings is 1. The van der Waals surface area contributed by atoms with Gasteiger partial charge in [0.25, 0.3) is 0 Å². The van der Waals surface area contributed by atoms with Crippen LogP contribution in [0.3, 0.4) is 0 Å². The Morgan fingerprint density at radius 3 is 2.67 bits per heavy atom. The highest BCUT2D eigenvalue weighted by Gasteiger charge is 2.11. The lowest BCUT2D eigenvalue weighted by molar-refractivity contribution is 0.199. The smallest absolute Gasteiger partial charge is 0.123 e. The summed E-state index contributed by atoms with van der Waals surface area (Å²) in [5.41, 5.74) is 2.55. The number of ether oxygens (including phenoxy) is 2. The first-order valence-corrected chi connectivity index (χ1v) is 7.91. The summed E-state index contributed by atoms with van der Waals surface area (Å²) in [7, 11) is 3.47. The predicted octanol–water partition coefficient (Wildman–Crippen LogP) is 2.42. The molecule has 4 nitrogen and oxygen atoms in total. The van der Waals surface area contributed by atoms with Gasteiger partial charge >= 0.3 is 0 Å². The molecule has 0 bridgehead atoms. The van der Waals surface area contributed by atoms with Gasteiger partial charge in [-0.1, -0.05) is 18.6 Å². The highest BCUT2D eigenvalue weighted by atomic mass is 16.5. The van der Waals surface area contributed by atoms with Crippen LogP contribution in [-0.2, 0) is 17.8 Å². The van der Waals surface area contributed by atoms with E-state index >= 15 is 0 Å². The van der Waals surface area contributed by atoms with Crippen molar-refractivity contribution < 1.29 is 9.47 Å². The SMILES string of the molecule is COCCNCc1ccc(CN2CCCCC2)cc1OC. The summed E-state index contributed by atoms with van der Waals surface area (Å²) < 4.78 is 10.6. The normalized spacial score (nSPS) is 16.1. The molecule has 1 aliphatic heterocycles. The van der Waals surface area contributed by atoms with Crippen LogP contribution in [0, 0.1) is 0 Å². The van der Waals surface area contributed by atoms with Crippen molar-refractivity contribution in [2.24, 2.45) is 0 Å². The molecule has 1 fully saturated rings. The molecule has 0 spiro atoms. The summed E-state index contributed by atoms with van der Waals surface area (Å²) in [6.45, 7) is 5.89. The van der Waals surface area contributed by atoms with Crippen LogP contribution in [0.2, 0.25) is 0 Å². The van der Waals surface area contributed by atoms with E-state index in [1.165, 1.54) is 43.5 Å². The summed E-state index contributed by atoms with van der Waals surface area (Å²) >= 11 is 0. The average Bonchev–Trinajstić information content (AvgIpc) is 2.53. The standard InChI is InChI=1S/C17H28N2O2/c1-20-11-8-18-13-16-7-6-15(12-17(16)21-2)14-19-9-4-3-5-10-19/h6-7,12,18H,3-5,8-11,13-14H2,1-2H3. The molecule has 0 amide bonds. The second-order valence-corrected chi connectivity index (χ2v) is 5.65. The quantitative estimate of drug-likeness (QED) is 0.746. The van der Waals surface area contributed by atoms with E-state index in [2.05, 4.69) is 28.4 Å². The maximum atomic E-state index is 5.54. The van der Waals surface area contributed by atoms with Crippen LogP contribution in [0.25, 0.3) is 0 Å². The first-order valence-electron chi connectivity index (χ1n) is 7.91. The van der Waals surface area contributed by atoms with Crippen LogP contribution >= 0.6 is 0 Å². The summed E-state index contributed by atoms with van der Waals surface area (Å²) in [4.78, 5) is 2.54. The van der Waals surface area contributed by atoms with Crippen LogP contribution in [-0.4, -0.2) is 45.4 Å². The van der Waals surface area contributed by atoms with Gasteiger partial charge in [-0.15, -0.1) is 0 Å². The van der Waals surface area contributed by atoms with E-state index in [1.807, 2.05) is 0 Å². The predicted molar refractivity (Wildman–Crippen MR) is 85.7 cm³/mol. The van der Waals surface area contributed by atoms with Crippen LogP contribution in [0.5, 0.6) is 5.75 Å². The van der Waals surface area contributed by atoms with Gasteiger partial charge in [-0.3, -0.25) is 4.90 Å². The molecule has 2 rings (SSSR count). The minimum absolute atomic E-state index is 0.732. The van der Waals surface area contributed by atoms with Crippen molar-refractivity contribution in [3.8, 4) is 5.75 Å². The maximum Gasteiger partial charge on any atom is 0.123 e. The number of likely N-dealkylation sites (tertiary alicyclic amines) is 1. The number of methoxy groups -OCH3 is 2. The van der Waals surface area contributed by atoms with E-state index in [1.54, 1.807) is 14.2 Å². The molecule has 1 saturated heterocycles. The lowest BCUT2D eigenvalue weighted by atomic mass is 10.1. The molecule has 0 saturated carbocycles. The van der Waals surface area contributed by atoms with Gasteiger partial charge in [-0.25, -0.2) is 0 Å². The van der Waals surface area contributed by atoms with Crippen molar-refractivity contribution in [1.29, 1.82) is 0 Å². The Hall–Kier alpha value is -1.10. The van der Waals surface area contributed by atoms with Crippen molar-refractivity contribution in [2.45, 2.75) is 32.4 Å². The summed E-state index contributed by atoms with van der Waals surface area (Å²) in [6, 6.07) is 6.59. The van der Waals surface area contributed by atoms with E-state index in [9.17, 15) is 0 Å². The van der Waals surface area contributed by atoms with Crippen LogP contribution in [0.1, 0.15) is 30.4 Å². The first kappa shape index (κ1) is 16.3. The zero-order valence-corrected chi connectivity index (χ0v) is 13.4. The zero-order chi connectivity index (χ0) is 14.9. The van der Waals surface area contributed by atoms with Crippen molar-refractivity contribution in [3.63, 3.8) is 0 Å². The number of hydrogen-bond acceptors (Lipinski definition) is 4. The van der Waals surface area contributed by atoms with Crippen molar-refractivity contribution >= 4 is 0 Å². The first-order chi connectivity index (χ1) is 10.3. The Labute approximate surface area is 128 Å². The molecule has 0 radical (unpaired) electrons. The van der Waals surface area contributed by atoms with E-state index in [0.717, 1.165) is 32.0 Å². The molecule has 1 aromatic carbocycles. The molecular formula is C17H28N2O2. The Morgan fingerprint density at radius 1 is 1.14 bits per heavy atom. The van der Waals surface area contributed by atoms with Gasteiger partial charge in [0.1, 0.15) is 5.75 Å². The van der Waals surface area contributed by atoms with E-state index < -0.39 is 0 Å². The minimum Gasteiger partial charge on any atom is -0.496 e. The molecule has 0 aromatic heterocycles. The molecule has 1 heterocycles.